The molecule has 0 amide bonds. The van der Waals surface area contributed by atoms with Crippen molar-refractivity contribution in [1.82, 2.24) is 4.31 Å². The SMILES string of the molecule is Cc1ccc(NC(=S)Nc2cccc(C(F)(F)F)c2)cc1S(=O)(=O)N(C)C. The lowest BCUT2D eigenvalue weighted by Crippen LogP contribution is -2.24. The van der Waals surface area contributed by atoms with Crippen LogP contribution in [0.1, 0.15) is 11.1 Å². The van der Waals surface area contributed by atoms with Crippen molar-refractivity contribution in [3.63, 3.8) is 0 Å². The molecule has 0 unspecified atom stereocenters. The number of aryl methyl sites for hydroxylation is 1. The van der Waals surface area contributed by atoms with Crippen LogP contribution in [0.15, 0.2) is 47.4 Å². The maximum absolute atomic E-state index is 12.8. The summed E-state index contributed by atoms with van der Waals surface area (Å²) in [7, 11) is -0.791. The highest BCUT2D eigenvalue weighted by Gasteiger charge is 2.30. The fraction of sp³-hybridized carbons (Fsp3) is 0.235. The van der Waals surface area contributed by atoms with Crippen LogP contribution in [0.25, 0.3) is 0 Å². The van der Waals surface area contributed by atoms with Crippen LogP contribution in [0.5, 0.6) is 0 Å². The molecular formula is C17H18F3N3O2S2. The third-order valence-electron chi connectivity index (χ3n) is 3.65. The van der Waals surface area contributed by atoms with Crippen molar-refractivity contribution in [1.29, 1.82) is 0 Å². The van der Waals surface area contributed by atoms with Gasteiger partial charge in [0.15, 0.2) is 5.11 Å². The number of benzene rings is 2. The third-order valence-corrected chi connectivity index (χ3v) is 5.81. The highest BCUT2D eigenvalue weighted by Crippen LogP contribution is 2.30. The molecule has 0 radical (unpaired) electrons. The van der Waals surface area contributed by atoms with Gasteiger partial charge in [-0.15, -0.1) is 0 Å². The standard InChI is InChI=1S/C17H18F3N3O2S2/c1-11-7-8-14(10-15(11)27(24,25)23(2)3)22-16(26)21-13-6-4-5-12(9-13)17(18,19)20/h4-10H,1-3H3,(H2,21,22,26). The number of alkyl halides is 3. The van der Waals surface area contributed by atoms with E-state index in [1.807, 2.05) is 0 Å². The summed E-state index contributed by atoms with van der Waals surface area (Å²) in [5.41, 5.74) is 0.317. The molecule has 2 rings (SSSR count). The molecular weight excluding hydrogens is 399 g/mol. The average Bonchev–Trinajstić information content (AvgIpc) is 2.55. The van der Waals surface area contributed by atoms with Gasteiger partial charge in [0.25, 0.3) is 0 Å². The molecule has 146 valence electrons. The summed E-state index contributed by atoms with van der Waals surface area (Å²) in [4.78, 5) is 0.111. The van der Waals surface area contributed by atoms with E-state index in [1.54, 1.807) is 19.1 Å². The number of thiocarbonyl (C=S) groups is 1. The zero-order valence-corrected chi connectivity index (χ0v) is 16.4. The Morgan fingerprint density at radius 3 is 2.19 bits per heavy atom. The Kier molecular flexibility index (Phi) is 6.13. The number of rotatable bonds is 4. The van der Waals surface area contributed by atoms with Crippen LogP contribution >= 0.6 is 12.2 Å². The van der Waals surface area contributed by atoms with Gasteiger partial charge in [-0.2, -0.15) is 13.2 Å². The van der Waals surface area contributed by atoms with Crippen molar-refractivity contribution in [3.05, 3.63) is 53.6 Å². The third kappa shape index (κ3) is 5.18. The van der Waals surface area contributed by atoms with Gasteiger partial charge in [0, 0.05) is 25.5 Å². The molecule has 0 saturated carbocycles. The van der Waals surface area contributed by atoms with Crippen LogP contribution in [0.4, 0.5) is 24.5 Å². The van der Waals surface area contributed by atoms with Gasteiger partial charge in [-0.1, -0.05) is 12.1 Å². The van der Waals surface area contributed by atoms with E-state index in [-0.39, 0.29) is 15.7 Å². The second-order valence-corrected chi connectivity index (χ2v) is 8.45. The monoisotopic (exact) mass is 417 g/mol. The zero-order chi connectivity index (χ0) is 20.4. The minimum atomic E-state index is -4.46. The van der Waals surface area contributed by atoms with Crippen LogP contribution in [0.3, 0.4) is 0 Å². The lowest BCUT2D eigenvalue weighted by Gasteiger charge is -2.16. The van der Waals surface area contributed by atoms with E-state index >= 15 is 0 Å². The molecule has 0 atom stereocenters. The summed E-state index contributed by atoms with van der Waals surface area (Å²) in [6, 6.07) is 9.27. The first-order valence-corrected chi connectivity index (χ1v) is 9.54. The Labute approximate surface area is 161 Å². The molecule has 0 aliphatic rings. The van der Waals surface area contributed by atoms with Gasteiger partial charge in [0.1, 0.15) is 0 Å². The zero-order valence-electron chi connectivity index (χ0n) is 14.8. The highest BCUT2D eigenvalue weighted by atomic mass is 32.2. The van der Waals surface area contributed by atoms with E-state index < -0.39 is 21.8 Å². The molecule has 0 spiro atoms. The highest BCUT2D eigenvalue weighted by molar-refractivity contribution is 7.89. The van der Waals surface area contributed by atoms with Crippen LogP contribution in [0, 0.1) is 6.92 Å². The van der Waals surface area contributed by atoms with Gasteiger partial charge in [-0.3, -0.25) is 0 Å². The van der Waals surface area contributed by atoms with Crippen LogP contribution < -0.4 is 10.6 Å². The number of sulfonamides is 1. The fourth-order valence-electron chi connectivity index (χ4n) is 2.22. The number of nitrogens with zero attached hydrogens (tertiary/aromatic N) is 1. The normalized spacial score (nSPS) is 12.1. The topological polar surface area (TPSA) is 61.4 Å². The van der Waals surface area contributed by atoms with Crippen molar-refractivity contribution in [3.8, 4) is 0 Å². The van der Waals surface area contributed by atoms with Crippen LogP contribution in [0.2, 0.25) is 0 Å². The minimum Gasteiger partial charge on any atom is -0.332 e. The molecule has 10 heteroatoms. The van der Waals surface area contributed by atoms with E-state index in [0.717, 1.165) is 16.4 Å². The maximum Gasteiger partial charge on any atom is 0.416 e. The van der Waals surface area contributed by atoms with E-state index in [0.29, 0.717) is 11.3 Å². The number of hydrogen-bond acceptors (Lipinski definition) is 3. The first kappa shape index (κ1) is 21.1. The summed E-state index contributed by atoms with van der Waals surface area (Å²) in [6.45, 7) is 1.67. The molecule has 27 heavy (non-hydrogen) atoms. The second-order valence-electron chi connectivity index (χ2n) is 5.93. The number of hydrogen-bond donors (Lipinski definition) is 2. The largest absolute Gasteiger partial charge is 0.416 e. The predicted octanol–water partition coefficient (Wildman–Crippen LogP) is 4.07. The summed E-state index contributed by atoms with van der Waals surface area (Å²) in [6.07, 6.45) is -4.46. The van der Waals surface area contributed by atoms with Crippen molar-refractivity contribution in [2.24, 2.45) is 0 Å². The molecule has 0 fully saturated rings. The summed E-state index contributed by atoms with van der Waals surface area (Å²) >= 11 is 5.11. The lowest BCUT2D eigenvalue weighted by molar-refractivity contribution is -0.137. The summed E-state index contributed by atoms with van der Waals surface area (Å²) < 4.78 is 64.1. The molecule has 0 aliphatic heterocycles. The van der Waals surface area contributed by atoms with Crippen molar-refractivity contribution in [2.45, 2.75) is 18.0 Å². The predicted molar refractivity (Wildman–Crippen MR) is 103 cm³/mol. The fourth-order valence-corrected chi connectivity index (χ4v) is 3.60. The van der Waals surface area contributed by atoms with Crippen molar-refractivity contribution < 1.29 is 21.6 Å². The molecule has 0 heterocycles. The van der Waals surface area contributed by atoms with Crippen LogP contribution in [-0.2, 0) is 16.2 Å². The van der Waals surface area contributed by atoms with Gasteiger partial charge >= 0.3 is 6.18 Å². The van der Waals surface area contributed by atoms with E-state index in [9.17, 15) is 21.6 Å². The van der Waals surface area contributed by atoms with E-state index in [2.05, 4.69) is 10.6 Å². The summed E-state index contributed by atoms with van der Waals surface area (Å²) in [5, 5.41) is 5.48. The Bertz CT molecular complexity index is 958. The summed E-state index contributed by atoms with van der Waals surface area (Å²) in [5.74, 6) is 0. The van der Waals surface area contributed by atoms with Gasteiger partial charge in [0.2, 0.25) is 10.0 Å². The smallest absolute Gasteiger partial charge is 0.332 e. The Hall–Kier alpha value is -2.17. The van der Waals surface area contributed by atoms with Gasteiger partial charge in [-0.05, 0) is 55.0 Å². The molecule has 5 nitrogen and oxygen atoms in total. The lowest BCUT2D eigenvalue weighted by atomic mass is 10.2. The molecule has 2 aromatic carbocycles. The van der Waals surface area contributed by atoms with Gasteiger partial charge in [-0.25, -0.2) is 12.7 Å². The Morgan fingerprint density at radius 1 is 1.04 bits per heavy atom. The van der Waals surface area contributed by atoms with E-state index in [4.69, 9.17) is 12.2 Å². The molecule has 2 N–H and O–H groups in total. The quantitative estimate of drug-likeness (QED) is 0.735. The molecule has 0 saturated heterocycles. The van der Waals surface area contributed by atoms with Gasteiger partial charge < -0.3 is 10.6 Å². The first-order chi connectivity index (χ1) is 12.4. The van der Waals surface area contributed by atoms with Crippen molar-refractivity contribution >= 4 is 38.7 Å². The molecule has 0 aromatic heterocycles. The molecule has 0 bridgehead atoms. The maximum atomic E-state index is 12.8. The van der Waals surface area contributed by atoms with Crippen molar-refractivity contribution in [2.75, 3.05) is 24.7 Å². The van der Waals surface area contributed by atoms with E-state index in [1.165, 1.54) is 32.3 Å². The Morgan fingerprint density at radius 2 is 1.63 bits per heavy atom. The average molecular weight is 417 g/mol. The molecule has 2 aromatic rings. The number of anilines is 2. The number of halogens is 3. The van der Waals surface area contributed by atoms with Gasteiger partial charge in [0.05, 0.1) is 10.5 Å². The second kappa shape index (κ2) is 7.83. The molecule has 0 aliphatic carbocycles. The minimum absolute atomic E-state index is 0.0337. The number of nitrogens with one attached hydrogen (secondary N) is 2. The Balaban J connectivity index is 2.20. The van der Waals surface area contributed by atoms with Crippen LogP contribution in [-0.4, -0.2) is 31.9 Å². The first-order valence-electron chi connectivity index (χ1n) is 7.69.